The first kappa shape index (κ1) is 69.9. The SMILES string of the molecule is CCCCCCCCCCCCCCCCCC(=O)NCCCC[C@H](NC(=O)CC[C@@H](NC(=O)[C@H](C)NC(=O)C(C)OC1C(NC(C)=O)C(OCc2ccccc2)OC2COC(c3ccccc3)OC21)C(N)=O)C(=O)OCc1ccc([N+](=O)[O-])cc1. The molecule has 22 nitrogen and oxygen atoms in total. The van der Waals surface area contributed by atoms with Crippen LogP contribution in [0.3, 0.4) is 0 Å². The summed E-state index contributed by atoms with van der Waals surface area (Å²) in [5, 5.41) is 24.8. The van der Waals surface area contributed by atoms with Crippen molar-refractivity contribution >= 4 is 47.1 Å². The molecule has 0 saturated carbocycles. The number of hydrogen-bond acceptors (Lipinski definition) is 15. The number of nitrogens with zero attached hydrogens (tertiary/aromatic N) is 1. The summed E-state index contributed by atoms with van der Waals surface area (Å²) in [4.78, 5) is 103. The molecule has 0 radical (unpaired) electrons. The minimum Gasteiger partial charge on any atom is -0.459 e. The van der Waals surface area contributed by atoms with Crippen LogP contribution in [0.2, 0.25) is 0 Å². The topological polar surface area (TPSA) is 304 Å². The number of esters is 1. The summed E-state index contributed by atoms with van der Waals surface area (Å²) in [6.45, 7) is 6.73. The molecule has 0 aliphatic carbocycles. The lowest BCUT2D eigenvalue weighted by Crippen LogP contribution is -2.68. The number of non-ortho nitro benzene ring substituents is 1. The first-order valence-electron chi connectivity index (χ1n) is 30.9. The van der Waals surface area contributed by atoms with E-state index in [1.54, 1.807) is 0 Å². The summed E-state index contributed by atoms with van der Waals surface area (Å²) in [5.74, 6) is -4.41. The van der Waals surface area contributed by atoms with Crippen molar-refractivity contribution in [1.82, 2.24) is 26.6 Å². The number of carbonyl (C=O) groups is 7. The van der Waals surface area contributed by atoms with E-state index in [-0.39, 0.29) is 50.7 Å². The van der Waals surface area contributed by atoms with Gasteiger partial charge in [-0.15, -0.1) is 0 Å². The Morgan fingerprint density at radius 2 is 1.27 bits per heavy atom. The van der Waals surface area contributed by atoms with Gasteiger partial charge in [0.2, 0.25) is 35.4 Å². The molecule has 7 N–H and O–H groups in total. The zero-order valence-corrected chi connectivity index (χ0v) is 50.7. The second-order valence-electron chi connectivity index (χ2n) is 22.4. The fourth-order valence-electron chi connectivity index (χ4n) is 10.3. The smallest absolute Gasteiger partial charge is 0.328 e. The van der Waals surface area contributed by atoms with E-state index in [4.69, 9.17) is 34.2 Å². The van der Waals surface area contributed by atoms with Crippen LogP contribution in [0.1, 0.15) is 186 Å². The lowest BCUT2D eigenvalue weighted by molar-refractivity contribution is -0.384. The van der Waals surface area contributed by atoms with E-state index in [2.05, 4.69) is 33.5 Å². The van der Waals surface area contributed by atoms with E-state index < -0.39 is 102 Å². The number of benzene rings is 3. The number of unbranched alkanes of at least 4 members (excludes halogenated alkanes) is 15. The fourth-order valence-corrected chi connectivity index (χ4v) is 10.3. The zero-order valence-electron chi connectivity index (χ0n) is 50.7. The molecule has 10 atom stereocenters. The van der Waals surface area contributed by atoms with Crippen LogP contribution in [-0.2, 0) is 75.2 Å². The number of carbonyl (C=O) groups excluding carboxylic acids is 7. The van der Waals surface area contributed by atoms with E-state index in [1.165, 1.54) is 122 Å². The van der Waals surface area contributed by atoms with Gasteiger partial charge in [-0.3, -0.25) is 38.9 Å². The number of amides is 6. The van der Waals surface area contributed by atoms with Crippen molar-refractivity contribution in [1.29, 1.82) is 0 Å². The van der Waals surface area contributed by atoms with Gasteiger partial charge in [-0.05, 0) is 69.2 Å². The summed E-state index contributed by atoms with van der Waals surface area (Å²) in [6.07, 6.45) is 13.5. The minimum absolute atomic E-state index is 0.0482. The Morgan fingerprint density at radius 1 is 0.663 bits per heavy atom. The standard InChI is InChI=1S/C64H93N7O15/c1-5-6-7-8-9-10-11-12-13-14-15-16-17-18-25-33-54(73)66-40-27-26-32-52(62(78)81-41-48-34-36-50(37-35-48)71(79)80)69-55(74)39-38-51(59(65)75)70-60(76)44(2)67-61(77)45(3)84-58-56(68-46(4)72)64(82-42-47-28-21-19-22-29-47)85-53-43-83-63(86-57(53)58)49-30-23-20-24-31-49/h19-24,28-31,34-37,44-45,51-53,56-58,63-64H,5-18,25-27,32-33,38-43H2,1-4H3,(H2,65,75)(H,66,73)(H,67,77)(H,68,72)(H,69,74)(H,70,76)/t44-,45?,51+,52-,53?,56?,57?,58?,63?,64?/m0/s1. The van der Waals surface area contributed by atoms with Gasteiger partial charge in [0.1, 0.15) is 55.2 Å². The van der Waals surface area contributed by atoms with E-state index >= 15 is 0 Å². The van der Waals surface area contributed by atoms with Gasteiger partial charge in [0, 0.05) is 44.0 Å². The molecular weight excluding hydrogens is 1110 g/mol. The molecule has 474 valence electrons. The molecule has 3 aromatic rings. The highest BCUT2D eigenvalue weighted by Crippen LogP contribution is 2.36. The predicted octanol–water partition coefficient (Wildman–Crippen LogP) is 8.26. The van der Waals surface area contributed by atoms with Crippen LogP contribution in [0, 0.1) is 10.1 Å². The molecule has 0 spiro atoms. The summed E-state index contributed by atoms with van der Waals surface area (Å²) in [7, 11) is 0. The summed E-state index contributed by atoms with van der Waals surface area (Å²) in [6, 6.07) is 19.2. The maximum absolute atomic E-state index is 13.9. The fraction of sp³-hybridized carbons (Fsp3) is 0.609. The van der Waals surface area contributed by atoms with Crippen molar-refractivity contribution in [2.75, 3.05) is 13.2 Å². The van der Waals surface area contributed by atoms with E-state index in [0.717, 1.165) is 30.4 Å². The number of nitro benzene ring substituents is 1. The highest BCUT2D eigenvalue weighted by Gasteiger charge is 2.52. The Hall–Kier alpha value is -6.85. The number of nitro groups is 1. The molecule has 7 unspecified atom stereocenters. The molecule has 0 bridgehead atoms. The molecule has 22 heteroatoms. The van der Waals surface area contributed by atoms with Crippen LogP contribution in [0.15, 0.2) is 84.9 Å². The van der Waals surface area contributed by atoms with Gasteiger partial charge in [0.25, 0.3) is 5.69 Å². The molecule has 6 amide bonds. The van der Waals surface area contributed by atoms with Crippen molar-refractivity contribution in [2.24, 2.45) is 5.73 Å². The first-order valence-corrected chi connectivity index (χ1v) is 30.9. The normalized spacial score (nSPS) is 19.5. The maximum atomic E-state index is 13.9. The highest BCUT2D eigenvalue weighted by atomic mass is 16.8. The molecule has 2 aliphatic heterocycles. The molecule has 2 fully saturated rings. The van der Waals surface area contributed by atoms with Crippen LogP contribution in [0.4, 0.5) is 5.69 Å². The average molecular weight is 1200 g/mol. The summed E-state index contributed by atoms with van der Waals surface area (Å²) >= 11 is 0. The second-order valence-corrected chi connectivity index (χ2v) is 22.4. The Balaban J connectivity index is 1.10. The van der Waals surface area contributed by atoms with Crippen LogP contribution in [-0.4, -0.2) is 114 Å². The monoisotopic (exact) mass is 1200 g/mol. The molecule has 2 aliphatic rings. The first-order chi connectivity index (χ1) is 41.5. The third-order valence-corrected chi connectivity index (χ3v) is 15.2. The van der Waals surface area contributed by atoms with Gasteiger partial charge >= 0.3 is 5.97 Å². The number of rotatable bonds is 41. The van der Waals surface area contributed by atoms with Crippen molar-refractivity contribution in [3.63, 3.8) is 0 Å². The lowest BCUT2D eigenvalue weighted by Gasteiger charge is -2.49. The van der Waals surface area contributed by atoms with Gasteiger partial charge < -0.3 is 60.7 Å². The molecule has 2 saturated heterocycles. The van der Waals surface area contributed by atoms with Crippen molar-refractivity contribution in [3.8, 4) is 0 Å². The molecule has 3 aromatic carbocycles. The van der Waals surface area contributed by atoms with Crippen molar-refractivity contribution in [2.45, 2.75) is 237 Å². The Kier molecular flexibility index (Phi) is 31.7. The van der Waals surface area contributed by atoms with Crippen LogP contribution in [0.5, 0.6) is 0 Å². The Morgan fingerprint density at radius 3 is 1.87 bits per heavy atom. The van der Waals surface area contributed by atoms with Crippen molar-refractivity contribution < 1.29 is 66.9 Å². The van der Waals surface area contributed by atoms with Crippen LogP contribution >= 0.6 is 0 Å². The van der Waals surface area contributed by atoms with Crippen LogP contribution in [0.25, 0.3) is 0 Å². The lowest BCUT2D eigenvalue weighted by atomic mass is 9.95. The zero-order chi connectivity index (χ0) is 62.1. The second kappa shape index (κ2) is 39.0. The quantitative estimate of drug-likeness (QED) is 0.0135. The number of ether oxygens (including phenoxy) is 6. The van der Waals surface area contributed by atoms with Gasteiger partial charge in [0.15, 0.2) is 12.6 Å². The molecule has 0 aromatic heterocycles. The number of fused-ring (bicyclic) bond motifs is 1. The third kappa shape index (κ3) is 25.6. The van der Waals surface area contributed by atoms with Crippen LogP contribution < -0.4 is 32.3 Å². The van der Waals surface area contributed by atoms with Gasteiger partial charge in [0.05, 0.1) is 18.1 Å². The predicted molar refractivity (Wildman–Crippen MR) is 321 cm³/mol. The van der Waals surface area contributed by atoms with Gasteiger partial charge in [-0.2, -0.15) is 0 Å². The Labute approximate surface area is 506 Å². The summed E-state index contributed by atoms with van der Waals surface area (Å²) in [5.41, 5.74) is 7.60. The van der Waals surface area contributed by atoms with E-state index in [9.17, 15) is 43.7 Å². The molecule has 2 heterocycles. The Bertz CT molecular complexity index is 2540. The number of primary amides is 1. The van der Waals surface area contributed by atoms with E-state index in [0.29, 0.717) is 31.4 Å². The van der Waals surface area contributed by atoms with Gasteiger partial charge in [-0.1, -0.05) is 157 Å². The van der Waals surface area contributed by atoms with Crippen molar-refractivity contribution in [3.05, 3.63) is 112 Å². The third-order valence-electron chi connectivity index (χ3n) is 15.2. The maximum Gasteiger partial charge on any atom is 0.328 e. The molecular formula is C64H93N7O15. The number of nitrogens with one attached hydrogen (secondary N) is 5. The highest BCUT2D eigenvalue weighted by molar-refractivity contribution is 5.92. The largest absolute Gasteiger partial charge is 0.459 e. The number of hydrogen-bond donors (Lipinski definition) is 6. The summed E-state index contributed by atoms with van der Waals surface area (Å²) < 4.78 is 37.1. The average Bonchev–Trinajstić information content (AvgIpc) is 1.07. The molecule has 5 rings (SSSR count). The molecule has 86 heavy (non-hydrogen) atoms. The van der Waals surface area contributed by atoms with Gasteiger partial charge in [-0.25, -0.2) is 4.79 Å². The van der Waals surface area contributed by atoms with E-state index in [1.807, 2.05) is 60.7 Å². The number of nitrogens with two attached hydrogens (primary N) is 1. The minimum atomic E-state index is -1.37.